The maximum Gasteiger partial charge on any atom is 0.182 e. The first-order valence-corrected chi connectivity index (χ1v) is 10.5. The Labute approximate surface area is 158 Å². The van der Waals surface area contributed by atoms with Crippen LogP contribution >= 0.6 is 7.14 Å². The second-order valence-electron chi connectivity index (χ2n) is 6.39. The quantitative estimate of drug-likeness (QED) is 0.644. The second-order valence-corrected chi connectivity index (χ2v) is 9.32. The van der Waals surface area contributed by atoms with Crippen molar-refractivity contribution in [2.24, 2.45) is 0 Å². The van der Waals surface area contributed by atoms with Gasteiger partial charge in [-0.25, -0.2) is 0 Å². The number of fused-ring (bicyclic) bond motifs is 1. The summed E-state index contributed by atoms with van der Waals surface area (Å²) in [6, 6.07) is 23.6. The highest BCUT2D eigenvalue weighted by molar-refractivity contribution is 7.79. The minimum atomic E-state index is -3.20. The average molecular weight is 378 g/mol. The third-order valence-electron chi connectivity index (χ3n) is 4.80. The molecule has 0 radical (unpaired) electrons. The summed E-state index contributed by atoms with van der Waals surface area (Å²) in [6.07, 6.45) is 0.0698. The maximum absolute atomic E-state index is 14.4. The van der Waals surface area contributed by atoms with E-state index in [2.05, 4.69) is 0 Å². The normalized spacial score (nSPS) is 16.3. The van der Waals surface area contributed by atoms with E-state index in [9.17, 15) is 9.36 Å². The average Bonchev–Trinajstić information content (AvgIpc) is 2.74. The molecule has 0 spiro atoms. The number of Topliss-reactive ketones (excluding diaryl/α,β-unsaturated/α-hetero) is 1. The van der Waals surface area contributed by atoms with Gasteiger partial charge in [-0.1, -0.05) is 60.7 Å². The molecule has 0 aliphatic carbocycles. The molecule has 3 aromatic carbocycles. The van der Waals surface area contributed by atoms with Crippen molar-refractivity contribution in [3.8, 4) is 11.5 Å². The fourth-order valence-electron chi connectivity index (χ4n) is 3.40. The Bertz CT molecular complexity index is 971. The molecule has 136 valence electrons. The summed E-state index contributed by atoms with van der Waals surface area (Å²) in [6.45, 7) is 0. The van der Waals surface area contributed by atoms with Crippen molar-refractivity contribution >= 4 is 23.5 Å². The molecule has 4 nitrogen and oxygen atoms in total. The Morgan fingerprint density at radius 2 is 1.52 bits per heavy atom. The molecule has 5 heteroatoms. The first kappa shape index (κ1) is 17.6. The van der Waals surface area contributed by atoms with Gasteiger partial charge in [-0.05, 0) is 12.1 Å². The van der Waals surface area contributed by atoms with Gasteiger partial charge in [-0.2, -0.15) is 0 Å². The van der Waals surface area contributed by atoms with Crippen LogP contribution in [-0.2, 0) is 4.57 Å². The van der Waals surface area contributed by atoms with Crippen molar-refractivity contribution in [1.82, 2.24) is 0 Å². The van der Waals surface area contributed by atoms with Crippen molar-refractivity contribution < 1.29 is 18.8 Å². The van der Waals surface area contributed by atoms with Gasteiger partial charge in [-0.15, -0.1) is 0 Å². The van der Waals surface area contributed by atoms with E-state index in [1.807, 2.05) is 60.7 Å². The third kappa shape index (κ3) is 3.07. The number of hydrogen-bond donors (Lipinski definition) is 0. The number of methoxy groups -OCH3 is 1. The molecule has 1 unspecified atom stereocenters. The highest BCUT2D eigenvalue weighted by atomic mass is 31.2. The molecule has 1 aliphatic heterocycles. The number of rotatable bonds is 4. The van der Waals surface area contributed by atoms with Crippen LogP contribution in [-0.4, -0.2) is 18.7 Å². The number of hydrogen-bond acceptors (Lipinski definition) is 4. The van der Waals surface area contributed by atoms with Gasteiger partial charge in [-0.3, -0.25) is 4.79 Å². The Hall–Kier alpha value is -2.84. The third-order valence-corrected chi connectivity index (χ3v) is 8.03. The van der Waals surface area contributed by atoms with Gasteiger partial charge in [0.25, 0.3) is 0 Å². The zero-order valence-corrected chi connectivity index (χ0v) is 15.8. The Morgan fingerprint density at radius 1 is 0.926 bits per heavy atom. The molecule has 1 aliphatic rings. The van der Waals surface area contributed by atoms with Crippen molar-refractivity contribution in [3.63, 3.8) is 0 Å². The number of carbonyl (C=O) groups excluding carboxylic acids is 1. The first-order chi connectivity index (χ1) is 13.1. The fraction of sp³-hybridized carbons (Fsp3) is 0.136. The lowest BCUT2D eigenvalue weighted by Gasteiger charge is -2.32. The molecule has 0 aromatic heterocycles. The van der Waals surface area contributed by atoms with Crippen molar-refractivity contribution in [2.45, 2.75) is 12.3 Å². The SMILES string of the molecule is COc1ccc2c(c1)OC(P(=O)(c1ccccc1)c1ccccc1)CC2=O. The van der Waals surface area contributed by atoms with E-state index in [4.69, 9.17) is 9.47 Å². The number of carbonyl (C=O) groups is 1. The highest BCUT2D eigenvalue weighted by Gasteiger charge is 2.42. The topological polar surface area (TPSA) is 52.6 Å². The summed E-state index contributed by atoms with van der Waals surface area (Å²) in [5, 5.41) is 1.36. The van der Waals surface area contributed by atoms with Crippen LogP contribution in [0.5, 0.6) is 11.5 Å². The molecule has 0 N–H and O–H groups in total. The lowest BCUT2D eigenvalue weighted by molar-refractivity contribution is 0.0911. The largest absolute Gasteiger partial charge is 0.497 e. The molecule has 1 heterocycles. The summed E-state index contributed by atoms with van der Waals surface area (Å²) in [7, 11) is -1.64. The van der Waals surface area contributed by atoms with E-state index in [-0.39, 0.29) is 12.2 Å². The molecular formula is C22H19O4P. The van der Waals surface area contributed by atoms with Crippen molar-refractivity contribution in [1.29, 1.82) is 0 Å². The number of ketones is 1. The van der Waals surface area contributed by atoms with E-state index in [0.29, 0.717) is 27.7 Å². The highest BCUT2D eigenvalue weighted by Crippen LogP contribution is 2.52. The van der Waals surface area contributed by atoms with Crippen LogP contribution in [0.15, 0.2) is 78.9 Å². The molecule has 0 amide bonds. The Morgan fingerprint density at radius 3 is 2.07 bits per heavy atom. The van der Waals surface area contributed by atoms with Crippen LogP contribution < -0.4 is 20.1 Å². The van der Waals surface area contributed by atoms with E-state index in [0.717, 1.165) is 0 Å². The summed E-state index contributed by atoms with van der Waals surface area (Å²) in [5.74, 6) is 0.185. The lowest BCUT2D eigenvalue weighted by atomic mass is 10.0. The smallest absolute Gasteiger partial charge is 0.182 e. The monoisotopic (exact) mass is 378 g/mol. The zero-order chi connectivity index (χ0) is 18.9. The molecule has 3 aromatic rings. The van der Waals surface area contributed by atoms with E-state index in [1.165, 1.54) is 0 Å². The van der Waals surface area contributed by atoms with Crippen LogP contribution in [0.4, 0.5) is 0 Å². The van der Waals surface area contributed by atoms with E-state index in [1.54, 1.807) is 25.3 Å². The molecule has 27 heavy (non-hydrogen) atoms. The Balaban J connectivity index is 1.84. The van der Waals surface area contributed by atoms with Crippen molar-refractivity contribution in [2.75, 3.05) is 7.11 Å². The van der Waals surface area contributed by atoms with Crippen LogP contribution in [0.3, 0.4) is 0 Å². The van der Waals surface area contributed by atoms with Crippen LogP contribution in [0.25, 0.3) is 0 Å². The van der Waals surface area contributed by atoms with Crippen LogP contribution in [0, 0.1) is 0 Å². The van der Waals surface area contributed by atoms with Crippen molar-refractivity contribution in [3.05, 3.63) is 84.4 Å². The summed E-state index contributed by atoms with van der Waals surface area (Å²) in [5.41, 5.74) is 0.500. The zero-order valence-electron chi connectivity index (χ0n) is 14.9. The molecule has 0 saturated heterocycles. The lowest BCUT2D eigenvalue weighted by Crippen LogP contribution is -2.34. The molecule has 0 saturated carbocycles. The Kier molecular flexibility index (Phi) is 4.59. The molecule has 0 fully saturated rings. The minimum absolute atomic E-state index is 0.0698. The van der Waals surface area contributed by atoms with Gasteiger partial charge in [0.15, 0.2) is 18.8 Å². The summed E-state index contributed by atoms with van der Waals surface area (Å²) in [4.78, 5) is 12.8. The molecule has 1 atom stereocenters. The fourth-order valence-corrected chi connectivity index (χ4v) is 6.28. The number of ether oxygens (including phenoxy) is 2. The van der Waals surface area contributed by atoms with E-state index < -0.39 is 13.0 Å². The van der Waals surface area contributed by atoms with Gasteiger partial charge in [0, 0.05) is 16.7 Å². The first-order valence-electron chi connectivity index (χ1n) is 8.72. The molecule has 4 rings (SSSR count). The van der Waals surface area contributed by atoms with Crippen LogP contribution in [0.1, 0.15) is 16.8 Å². The second kappa shape index (κ2) is 7.05. The van der Waals surface area contributed by atoms with Crippen LogP contribution in [0.2, 0.25) is 0 Å². The predicted molar refractivity (Wildman–Crippen MR) is 106 cm³/mol. The predicted octanol–water partition coefficient (Wildman–Crippen LogP) is 4.00. The van der Waals surface area contributed by atoms with Gasteiger partial charge >= 0.3 is 0 Å². The minimum Gasteiger partial charge on any atom is -0.497 e. The van der Waals surface area contributed by atoms with Gasteiger partial charge in [0.1, 0.15) is 11.5 Å². The van der Waals surface area contributed by atoms with E-state index >= 15 is 0 Å². The summed E-state index contributed by atoms with van der Waals surface area (Å²) < 4.78 is 25.8. The van der Waals surface area contributed by atoms with Gasteiger partial charge in [0.05, 0.1) is 19.1 Å². The van der Waals surface area contributed by atoms with Gasteiger partial charge < -0.3 is 14.0 Å². The summed E-state index contributed by atoms with van der Waals surface area (Å²) >= 11 is 0. The molecular weight excluding hydrogens is 359 g/mol. The standard InChI is InChI=1S/C22H19O4P/c1-25-16-12-13-19-20(23)15-22(26-21(19)14-16)27(24,17-8-4-2-5-9-17)18-10-6-3-7-11-18/h2-14,22H,15H2,1H3. The number of benzene rings is 3. The van der Waals surface area contributed by atoms with Gasteiger partial charge in [0.2, 0.25) is 0 Å². The molecule has 0 bridgehead atoms. The maximum atomic E-state index is 14.4.